The van der Waals surface area contributed by atoms with Gasteiger partial charge < -0.3 is 0 Å². The normalized spacial score (nSPS) is 9.12. The van der Waals surface area contributed by atoms with E-state index in [1.165, 1.54) is 0 Å². The van der Waals surface area contributed by atoms with Crippen LogP contribution in [0, 0.1) is 6.20 Å². The minimum Gasteiger partial charge on any atom is -0.254 e. The van der Waals surface area contributed by atoms with Crippen molar-refractivity contribution in [1.29, 1.82) is 0 Å². The summed E-state index contributed by atoms with van der Waals surface area (Å²) in [7, 11) is 0. The number of hydrogen-bond donors (Lipinski definition) is 0. The lowest BCUT2D eigenvalue weighted by atomic mass is 10.3. The maximum atomic E-state index is 5.47. The molecule has 0 spiro atoms. The lowest BCUT2D eigenvalue weighted by Crippen LogP contribution is -1.76. The summed E-state index contributed by atoms with van der Waals surface area (Å²) in [5.41, 5.74) is 1.03. The fourth-order valence-electron chi connectivity index (χ4n) is 0.430. The molecule has 1 radical (unpaired) electrons. The smallest absolute Gasteiger partial charge is 0.0886 e. The molecule has 41 valence electrons. The first-order chi connectivity index (χ1) is 3.93. The summed E-state index contributed by atoms with van der Waals surface area (Å²) in [5.74, 6) is 0.529. The molecule has 0 saturated heterocycles. The Kier molecular flexibility index (Phi) is 1.86. The van der Waals surface area contributed by atoms with E-state index in [4.69, 9.17) is 11.6 Å². The monoisotopic (exact) mass is 126 g/mol. The fourth-order valence-corrected chi connectivity index (χ4v) is 0.588. The van der Waals surface area contributed by atoms with Crippen LogP contribution in [0.4, 0.5) is 0 Å². The van der Waals surface area contributed by atoms with Crippen LogP contribution < -0.4 is 0 Å². The molecular weight excluding hydrogens is 122 g/mol. The average molecular weight is 127 g/mol. The summed E-state index contributed by atoms with van der Waals surface area (Å²) in [6.45, 7) is 0. The average Bonchev–Trinajstić information content (AvgIpc) is 1.90. The molecular formula is C6H5ClN. The predicted octanol–water partition coefficient (Wildman–Crippen LogP) is 1.62. The molecule has 0 aliphatic rings. The lowest BCUT2D eigenvalue weighted by molar-refractivity contribution is 1.24. The number of rotatable bonds is 1. The highest BCUT2D eigenvalue weighted by Gasteiger charge is 1.83. The Morgan fingerprint density at radius 3 is 3.00 bits per heavy atom. The van der Waals surface area contributed by atoms with Crippen molar-refractivity contribution in [3.8, 4) is 0 Å². The van der Waals surface area contributed by atoms with Crippen molar-refractivity contribution in [2.24, 2.45) is 0 Å². The number of aromatic nitrogens is 1. The molecule has 8 heavy (non-hydrogen) atoms. The van der Waals surface area contributed by atoms with Crippen molar-refractivity contribution in [2.75, 3.05) is 0 Å². The summed E-state index contributed by atoms with van der Waals surface area (Å²) < 4.78 is 0. The number of pyridine rings is 1. The zero-order valence-electron chi connectivity index (χ0n) is 4.26. The SMILES string of the molecule is ClCc1cc[c]nc1. The quantitative estimate of drug-likeness (QED) is 0.521. The second-order valence-corrected chi connectivity index (χ2v) is 1.70. The molecule has 1 heterocycles. The van der Waals surface area contributed by atoms with E-state index in [9.17, 15) is 0 Å². The largest absolute Gasteiger partial charge is 0.254 e. The van der Waals surface area contributed by atoms with Gasteiger partial charge in [0.2, 0.25) is 0 Å². The maximum absolute atomic E-state index is 5.47. The molecule has 0 aliphatic heterocycles. The van der Waals surface area contributed by atoms with Crippen molar-refractivity contribution in [2.45, 2.75) is 5.88 Å². The van der Waals surface area contributed by atoms with Gasteiger partial charge in [-0.25, -0.2) is 0 Å². The predicted molar refractivity (Wildman–Crippen MR) is 32.6 cm³/mol. The van der Waals surface area contributed by atoms with E-state index in [1.54, 1.807) is 12.3 Å². The highest BCUT2D eigenvalue weighted by Crippen LogP contribution is 1.97. The highest BCUT2D eigenvalue weighted by molar-refractivity contribution is 6.17. The Bertz CT molecular complexity index is 150. The summed E-state index contributed by atoms with van der Waals surface area (Å²) in [4.78, 5) is 3.75. The summed E-state index contributed by atoms with van der Waals surface area (Å²) >= 11 is 5.47. The van der Waals surface area contributed by atoms with E-state index >= 15 is 0 Å². The van der Waals surface area contributed by atoms with Gasteiger partial charge in [-0.15, -0.1) is 11.6 Å². The van der Waals surface area contributed by atoms with Crippen LogP contribution in [0.5, 0.6) is 0 Å². The minimum atomic E-state index is 0.529. The van der Waals surface area contributed by atoms with Crippen LogP contribution in [0.2, 0.25) is 0 Å². The standard InChI is InChI=1S/C6H5ClN/c7-4-6-2-1-3-8-5-6/h1-2,5H,4H2. The molecule has 1 nitrogen and oxygen atoms in total. The van der Waals surface area contributed by atoms with Crippen LogP contribution in [0.25, 0.3) is 0 Å². The van der Waals surface area contributed by atoms with Gasteiger partial charge in [-0.3, -0.25) is 4.98 Å². The Balaban J connectivity index is 2.83. The first kappa shape index (κ1) is 5.57. The van der Waals surface area contributed by atoms with Gasteiger partial charge in [0.05, 0.1) is 6.20 Å². The van der Waals surface area contributed by atoms with Gasteiger partial charge in [0.25, 0.3) is 0 Å². The topological polar surface area (TPSA) is 12.9 Å². The van der Waals surface area contributed by atoms with Gasteiger partial charge in [0.15, 0.2) is 0 Å². The van der Waals surface area contributed by atoms with Gasteiger partial charge in [0.1, 0.15) is 0 Å². The van der Waals surface area contributed by atoms with Crippen molar-refractivity contribution in [3.63, 3.8) is 0 Å². The molecule has 0 aliphatic carbocycles. The maximum Gasteiger partial charge on any atom is 0.0886 e. The molecule has 0 unspecified atom stereocenters. The first-order valence-electron chi connectivity index (χ1n) is 2.30. The van der Waals surface area contributed by atoms with Gasteiger partial charge >= 0.3 is 0 Å². The first-order valence-corrected chi connectivity index (χ1v) is 2.84. The molecule has 2 heteroatoms. The van der Waals surface area contributed by atoms with Crippen LogP contribution >= 0.6 is 11.6 Å². The van der Waals surface area contributed by atoms with Gasteiger partial charge in [-0.1, -0.05) is 6.07 Å². The number of nitrogens with zero attached hydrogens (tertiary/aromatic N) is 1. The van der Waals surface area contributed by atoms with Crippen LogP contribution in [0.1, 0.15) is 5.56 Å². The molecule has 0 bridgehead atoms. The third-order valence-electron chi connectivity index (χ3n) is 0.831. The third kappa shape index (κ3) is 1.20. The van der Waals surface area contributed by atoms with Crippen molar-refractivity contribution in [1.82, 2.24) is 4.98 Å². The Labute approximate surface area is 53.3 Å². The van der Waals surface area contributed by atoms with Crippen molar-refractivity contribution >= 4 is 11.6 Å². The van der Waals surface area contributed by atoms with Crippen LogP contribution in [-0.2, 0) is 5.88 Å². The van der Waals surface area contributed by atoms with E-state index in [1.807, 2.05) is 6.07 Å². The zero-order valence-corrected chi connectivity index (χ0v) is 5.02. The van der Waals surface area contributed by atoms with E-state index in [0.29, 0.717) is 5.88 Å². The van der Waals surface area contributed by atoms with E-state index in [2.05, 4.69) is 11.2 Å². The van der Waals surface area contributed by atoms with Gasteiger partial charge in [0, 0.05) is 12.1 Å². The zero-order chi connectivity index (χ0) is 5.82. The molecule has 0 aromatic carbocycles. The van der Waals surface area contributed by atoms with Gasteiger partial charge in [-0.2, -0.15) is 0 Å². The molecule has 0 amide bonds. The van der Waals surface area contributed by atoms with Crippen LogP contribution in [0.15, 0.2) is 18.3 Å². The van der Waals surface area contributed by atoms with Gasteiger partial charge in [-0.05, 0) is 11.6 Å². The molecule has 0 saturated carbocycles. The summed E-state index contributed by atoms with van der Waals surface area (Å²) in [6, 6.07) is 3.64. The van der Waals surface area contributed by atoms with Crippen LogP contribution in [0.3, 0.4) is 0 Å². The molecule has 0 N–H and O–H groups in total. The van der Waals surface area contributed by atoms with Crippen molar-refractivity contribution in [3.05, 3.63) is 30.1 Å². The number of alkyl halides is 1. The molecule has 1 rings (SSSR count). The Hall–Kier alpha value is -0.560. The second-order valence-electron chi connectivity index (χ2n) is 1.43. The lowest BCUT2D eigenvalue weighted by Gasteiger charge is -1.86. The second kappa shape index (κ2) is 2.68. The number of halogens is 1. The molecule has 1 aromatic heterocycles. The van der Waals surface area contributed by atoms with E-state index in [-0.39, 0.29) is 0 Å². The molecule has 0 atom stereocenters. The Morgan fingerprint density at radius 1 is 1.75 bits per heavy atom. The minimum absolute atomic E-state index is 0.529. The Morgan fingerprint density at radius 2 is 2.62 bits per heavy atom. The van der Waals surface area contributed by atoms with Crippen molar-refractivity contribution < 1.29 is 0 Å². The molecule has 1 aromatic rings. The fraction of sp³-hybridized carbons (Fsp3) is 0.167. The molecule has 0 fully saturated rings. The summed E-state index contributed by atoms with van der Waals surface area (Å²) in [5, 5.41) is 0. The van der Waals surface area contributed by atoms with E-state index in [0.717, 1.165) is 5.56 Å². The number of hydrogen-bond acceptors (Lipinski definition) is 1. The van der Waals surface area contributed by atoms with Crippen LogP contribution in [-0.4, -0.2) is 4.98 Å². The summed E-state index contributed by atoms with van der Waals surface area (Å²) in [6.07, 6.45) is 4.36. The van der Waals surface area contributed by atoms with E-state index < -0.39 is 0 Å². The highest BCUT2D eigenvalue weighted by atomic mass is 35.5. The third-order valence-corrected chi connectivity index (χ3v) is 1.14.